The number of thiazole rings is 1. The quantitative estimate of drug-likeness (QED) is 0.349. The second-order valence-corrected chi connectivity index (χ2v) is 8.53. The zero-order valence-electron chi connectivity index (χ0n) is 16.2. The van der Waals surface area contributed by atoms with Gasteiger partial charge in [0.25, 0.3) is 0 Å². The average molecular weight is 421 g/mol. The number of benzene rings is 1. The van der Waals surface area contributed by atoms with E-state index in [2.05, 4.69) is 10.3 Å². The topological polar surface area (TPSA) is 85.4 Å². The van der Waals surface area contributed by atoms with Crippen molar-refractivity contribution in [3.63, 3.8) is 0 Å². The van der Waals surface area contributed by atoms with Gasteiger partial charge in [-0.05, 0) is 44.5 Å². The monoisotopic (exact) mass is 420 g/mol. The van der Waals surface area contributed by atoms with E-state index in [4.69, 9.17) is 4.74 Å². The van der Waals surface area contributed by atoms with Gasteiger partial charge in [0.15, 0.2) is 10.1 Å². The van der Waals surface area contributed by atoms with E-state index in [0.717, 1.165) is 10.8 Å². The van der Waals surface area contributed by atoms with Crippen molar-refractivity contribution in [2.24, 2.45) is 0 Å². The molecule has 8 heteroatoms. The number of thioether (sulfide) groups is 1. The summed E-state index contributed by atoms with van der Waals surface area (Å²) < 4.78 is 5.66. The van der Waals surface area contributed by atoms with Gasteiger partial charge in [0, 0.05) is 23.1 Å². The Morgan fingerprint density at radius 1 is 1.21 bits per heavy atom. The van der Waals surface area contributed by atoms with Crippen LogP contribution in [0.5, 0.6) is 0 Å². The first-order chi connectivity index (χ1) is 13.4. The molecule has 0 saturated heterocycles. The highest BCUT2D eigenvalue weighted by atomic mass is 32.2. The first-order valence-electron chi connectivity index (χ1n) is 9.13. The molecule has 0 aliphatic carbocycles. The summed E-state index contributed by atoms with van der Waals surface area (Å²) in [4.78, 5) is 40.2. The molecule has 0 spiro atoms. The predicted molar refractivity (Wildman–Crippen MR) is 112 cm³/mol. The second kappa shape index (κ2) is 11.0. The highest BCUT2D eigenvalue weighted by Gasteiger charge is 2.19. The van der Waals surface area contributed by atoms with E-state index in [-0.39, 0.29) is 29.3 Å². The lowest BCUT2D eigenvalue weighted by molar-refractivity contribution is -0.142. The minimum Gasteiger partial charge on any atom is -0.466 e. The van der Waals surface area contributed by atoms with Gasteiger partial charge >= 0.3 is 5.97 Å². The minimum absolute atomic E-state index is 0.0152. The molecule has 0 aliphatic rings. The van der Waals surface area contributed by atoms with Crippen molar-refractivity contribution in [3.05, 3.63) is 40.9 Å². The highest BCUT2D eigenvalue weighted by molar-refractivity contribution is 8.02. The number of hydrogen-bond acceptors (Lipinski definition) is 7. The van der Waals surface area contributed by atoms with Crippen molar-refractivity contribution in [1.82, 2.24) is 4.98 Å². The van der Waals surface area contributed by atoms with Crippen LogP contribution < -0.4 is 5.32 Å². The normalized spacial score (nSPS) is 11.7. The molecule has 1 heterocycles. The number of nitrogens with one attached hydrogen (secondary N) is 1. The van der Waals surface area contributed by atoms with Crippen molar-refractivity contribution < 1.29 is 19.1 Å². The molecule has 0 bridgehead atoms. The maximum atomic E-state index is 12.6. The average Bonchev–Trinajstić information content (AvgIpc) is 3.08. The molecular weight excluding hydrogens is 396 g/mol. The Morgan fingerprint density at radius 3 is 2.57 bits per heavy atom. The molecule has 0 radical (unpaired) electrons. The molecule has 28 heavy (non-hydrogen) atoms. The van der Waals surface area contributed by atoms with E-state index in [1.165, 1.54) is 23.1 Å². The van der Waals surface area contributed by atoms with Gasteiger partial charge in [0.05, 0.1) is 24.0 Å². The smallest absolute Gasteiger partial charge is 0.311 e. The van der Waals surface area contributed by atoms with Gasteiger partial charge in [0.1, 0.15) is 0 Å². The molecule has 1 atom stereocenters. The van der Waals surface area contributed by atoms with Gasteiger partial charge in [-0.2, -0.15) is 0 Å². The van der Waals surface area contributed by atoms with Crippen LogP contribution in [0.4, 0.5) is 5.69 Å². The molecule has 0 aliphatic heterocycles. The van der Waals surface area contributed by atoms with Crippen LogP contribution in [-0.4, -0.2) is 34.5 Å². The molecule has 1 N–H and O–H groups in total. The van der Waals surface area contributed by atoms with Crippen LogP contribution in [0.25, 0.3) is 0 Å². The largest absolute Gasteiger partial charge is 0.466 e. The van der Waals surface area contributed by atoms with Crippen LogP contribution in [0.3, 0.4) is 0 Å². The van der Waals surface area contributed by atoms with E-state index in [1.54, 1.807) is 31.2 Å². The van der Waals surface area contributed by atoms with Crippen molar-refractivity contribution in [1.29, 1.82) is 0 Å². The van der Waals surface area contributed by atoms with Gasteiger partial charge in [-0.15, -0.1) is 11.3 Å². The van der Waals surface area contributed by atoms with E-state index in [9.17, 15) is 14.4 Å². The number of rotatable bonds is 10. The summed E-state index contributed by atoms with van der Waals surface area (Å²) in [7, 11) is 0. The maximum absolute atomic E-state index is 12.6. The summed E-state index contributed by atoms with van der Waals surface area (Å²) in [6, 6.07) is 6.90. The van der Waals surface area contributed by atoms with E-state index >= 15 is 0 Å². The maximum Gasteiger partial charge on any atom is 0.311 e. The van der Waals surface area contributed by atoms with Gasteiger partial charge < -0.3 is 10.1 Å². The summed E-state index contributed by atoms with van der Waals surface area (Å²) in [6.07, 6.45) is 1.40. The fraction of sp³-hybridized carbons (Fsp3) is 0.400. The van der Waals surface area contributed by atoms with Crippen molar-refractivity contribution in [3.8, 4) is 0 Å². The molecule has 0 fully saturated rings. The lowest BCUT2D eigenvalue weighted by Gasteiger charge is -2.09. The Kier molecular flexibility index (Phi) is 8.66. The molecular formula is C20H24N2O4S2. The first-order valence-corrected chi connectivity index (χ1v) is 10.9. The van der Waals surface area contributed by atoms with Gasteiger partial charge in [-0.3, -0.25) is 14.4 Å². The number of hydrogen-bond donors (Lipinski definition) is 1. The van der Waals surface area contributed by atoms with Crippen LogP contribution in [0.15, 0.2) is 34.0 Å². The van der Waals surface area contributed by atoms with Crippen LogP contribution >= 0.6 is 23.1 Å². The summed E-state index contributed by atoms with van der Waals surface area (Å²) in [6.45, 7) is 5.88. The van der Waals surface area contributed by atoms with E-state index in [1.807, 2.05) is 19.2 Å². The van der Waals surface area contributed by atoms with E-state index < -0.39 is 0 Å². The van der Waals surface area contributed by atoms with Crippen molar-refractivity contribution >= 4 is 46.4 Å². The third-order valence-corrected chi connectivity index (χ3v) is 5.86. The molecule has 1 aromatic heterocycles. The zero-order chi connectivity index (χ0) is 20.5. The zero-order valence-corrected chi connectivity index (χ0v) is 17.8. The predicted octanol–water partition coefficient (Wildman–Crippen LogP) is 4.35. The van der Waals surface area contributed by atoms with Gasteiger partial charge in [-0.1, -0.05) is 18.7 Å². The Bertz CT molecular complexity index is 818. The highest BCUT2D eigenvalue weighted by Crippen LogP contribution is 2.29. The van der Waals surface area contributed by atoms with Crippen LogP contribution in [0.1, 0.15) is 49.7 Å². The van der Waals surface area contributed by atoms with E-state index in [0.29, 0.717) is 30.0 Å². The van der Waals surface area contributed by atoms with Crippen LogP contribution in [-0.2, 0) is 20.7 Å². The molecule has 2 rings (SSSR count). The Morgan fingerprint density at radius 2 is 1.93 bits per heavy atom. The fourth-order valence-corrected chi connectivity index (χ4v) is 4.45. The summed E-state index contributed by atoms with van der Waals surface area (Å²) in [5, 5.41) is 4.30. The number of anilines is 1. The Labute approximate surface area is 173 Å². The molecule has 2 aromatic rings. The lowest BCUT2D eigenvalue weighted by Crippen LogP contribution is -2.14. The number of aromatic nitrogens is 1. The third-order valence-electron chi connectivity index (χ3n) is 3.74. The SMILES string of the molecule is CCCC(=O)Nc1ccc(C(=O)C(C)Sc2nc(CC(=O)OCC)cs2)cc1. The number of carbonyl (C=O) groups excluding carboxylic acids is 3. The minimum atomic E-state index is -0.317. The second-order valence-electron chi connectivity index (χ2n) is 6.09. The van der Waals surface area contributed by atoms with Gasteiger partial charge in [0.2, 0.25) is 5.91 Å². The summed E-state index contributed by atoms with van der Waals surface area (Å²) >= 11 is 2.77. The van der Waals surface area contributed by atoms with Crippen molar-refractivity contribution in [2.45, 2.75) is 49.6 Å². The molecule has 1 amide bonds. The Hall–Kier alpha value is -2.19. The first kappa shape index (κ1) is 22.1. The number of esters is 1. The van der Waals surface area contributed by atoms with Crippen molar-refractivity contribution in [2.75, 3.05) is 11.9 Å². The molecule has 150 valence electrons. The molecule has 1 aromatic carbocycles. The van der Waals surface area contributed by atoms with Crippen LogP contribution in [0.2, 0.25) is 0 Å². The third kappa shape index (κ3) is 6.76. The lowest BCUT2D eigenvalue weighted by atomic mass is 10.1. The molecule has 6 nitrogen and oxygen atoms in total. The number of nitrogens with zero attached hydrogens (tertiary/aromatic N) is 1. The number of ether oxygens (including phenoxy) is 1. The number of amides is 1. The molecule has 1 unspecified atom stereocenters. The summed E-state index contributed by atoms with van der Waals surface area (Å²) in [5.41, 5.74) is 1.91. The fourth-order valence-electron chi connectivity index (χ4n) is 2.39. The Balaban J connectivity index is 1.92. The number of ketones is 1. The number of Topliss-reactive ketones (excluding diaryl/α,β-unsaturated/α-hetero) is 1. The molecule has 0 saturated carbocycles. The standard InChI is InChI=1S/C20H24N2O4S2/c1-4-6-17(23)21-15-9-7-14(8-10-15)19(25)13(3)28-20-22-16(12-27-20)11-18(24)26-5-2/h7-10,12-13H,4-6,11H2,1-3H3,(H,21,23). The number of carbonyl (C=O) groups is 3. The van der Waals surface area contributed by atoms with Gasteiger partial charge in [-0.25, -0.2) is 4.98 Å². The van der Waals surface area contributed by atoms with Crippen LogP contribution in [0, 0.1) is 0 Å². The summed E-state index contributed by atoms with van der Waals surface area (Å²) in [5.74, 6) is -0.355.